The van der Waals surface area contributed by atoms with Gasteiger partial charge in [-0.25, -0.2) is 0 Å². The number of aliphatic hydroxyl groups excluding tert-OH is 5. The molecule has 1 aliphatic heterocycles. The van der Waals surface area contributed by atoms with Crippen molar-refractivity contribution in [2.75, 3.05) is 13.2 Å². The Labute approximate surface area is 181 Å². The summed E-state index contributed by atoms with van der Waals surface area (Å²) in [5.74, 6) is -1.86. The SMILES string of the molecule is CC(C)(O[C@H]1O[C@@H](CO)[C@H](O)[C@@H](O)[C@@H]1O)[C@@H]1CC[C@](O)(CO)[C@H]2CC(=O)[C@](C)(O)[C@H]2C1. The zero-order chi connectivity index (χ0) is 23.4. The van der Waals surface area contributed by atoms with Crippen LogP contribution >= 0.6 is 0 Å². The van der Waals surface area contributed by atoms with Crippen LogP contribution in [0.3, 0.4) is 0 Å². The van der Waals surface area contributed by atoms with Gasteiger partial charge in [-0.1, -0.05) is 0 Å². The minimum atomic E-state index is -1.64. The van der Waals surface area contributed by atoms with Crippen LogP contribution in [0.2, 0.25) is 0 Å². The van der Waals surface area contributed by atoms with E-state index in [1.165, 1.54) is 6.92 Å². The average molecular weight is 449 g/mol. The normalized spacial score (nSPS) is 49.0. The molecule has 2 aliphatic carbocycles. The quantitative estimate of drug-likeness (QED) is 0.250. The summed E-state index contributed by atoms with van der Waals surface area (Å²) in [5, 5.41) is 71.5. The number of rotatable bonds is 5. The number of hydrogen-bond donors (Lipinski definition) is 7. The first-order chi connectivity index (χ1) is 14.3. The van der Waals surface area contributed by atoms with E-state index in [1.54, 1.807) is 13.8 Å². The molecule has 31 heavy (non-hydrogen) atoms. The van der Waals surface area contributed by atoms with Crippen LogP contribution in [0.5, 0.6) is 0 Å². The predicted molar refractivity (Wildman–Crippen MR) is 106 cm³/mol. The van der Waals surface area contributed by atoms with E-state index in [0.717, 1.165) is 0 Å². The van der Waals surface area contributed by atoms with Gasteiger partial charge >= 0.3 is 0 Å². The highest BCUT2D eigenvalue weighted by atomic mass is 16.7. The molecule has 3 fully saturated rings. The van der Waals surface area contributed by atoms with Gasteiger partial charge < -0.3 is 45.2 Å². The van der Waals surface area contributed by atoms with Crippen LogP contribution in [0.1, 0.15) is 46.5 Å². The largest absolute Gasteiger partial charge is 0.394 e. The molecule has 0 aromatic heterocycles. The summed E-state index contributed by atoms with van der Waals surface area (Å²) in [6.45, 7) is 3.81. The monoisotopic (exact) mass is 448 g/mol. The summed E-state index contributed by atoms with van der Waals surface area (Å²) in [6.07, 6.45) is -6.14. The third kappa shape index (κ3) is 4.30. The van der Waals surface area contributed by atoms with Crippen LogP contribution in [-0.2, 0) is 14.3 Å². The van der Waals surface area contributed by atoms with Crippen molar-refractivity contribution in [1.29, 1.82) is 0 Å². The van der Waals surface area contributed by atoms with E-state index < -0.39 is 72.6 Å². The molecule has 0 aromatic carbocycles. The van der Waals surface area contributed by atoms with Crippen molar-refractivity contribution < 1.29 is 50.0 Å². The molecule has 1 saturated heterocycles. The van der Waals surface area contributed by atoms with Crippen molar-refractivity contribution in [1.82, 2.24) is 0 Å². The van der Waals surface area contributed by atoms with Crippen LogP contribution in [0.15, 0.2) is 0 Å². The standard InChI is InChI=1S/C21H36O10/c1-19(2,31-18-17(27)16(26)15(25)13(8-22)30-18)10-4-5-21(29,9-23)12-7-14(24)20(3,28)11(12)6-10/h10-13,15-18,22-23,25-29H,4-9H2,1-3H3/t10-,11+,12+,13+,15+,16-,17+,18-,20-,21+/m1/s1. The maximum Gasteiger partial charge on any atom is 0.187 e. The first-order valence-corrected chi connectivity index (χ1v) is 10.9. The first kappa shape index (κ1) is 24.9. The Morgan fingerprint density at radius 2 is 1.74 bits per heavy atom. The molecule has 10 nitrogen and oxygen atoms in total. The van der Waals surface area contributed by atoms with Crippen molar-refractivity contribution in [3.8, 4) is 0 Å². The minimum absolute atomic E-state index is 0.0184. The molecule has 0 amide bonds. The number of ketones is 1. The summed E-state index contributed by atoms with van der Waals surface area (Å²) < 4.78 is 11.5. The Morgan fingerprint density at radius 3 is 2.32 bits per heavy atom. The maximum atomic E-state index is 12.4. The summed E-state index contributed by atoms with van der Waals surface area (Å²) >= 11 is 0. The van der Waals surface area contributed by atoms with Crippen LogP contribution in [-0.4, -0.2) is 102 Å². The Bertz CT molecular complexity index is 665. The van der Waals surface area contributed by atoms with E-state index in [2.05, 4.69) is 0 Å². The fourth-order valence-electron chi connectivity index (χ4n) is 5.53. The molecular weight excluding hydrogens is 412 g/mol. The van der Waals surface area contributed by atoms with Gasteiger partial charge in [0.2, 0.25) is 0 Å². The Kier molecular flexibility index (Phi) is 6.91. The second-order valence-electron chi connectivity index (χ2n) is 10.1. The van der Waals surface area contributed by atoms with Crippen molar-refractivity contribution in [3.05, 3.63) is 0 Å². The van der Waals surface area contributed by atoms with Crippen molar-refractivity contribution >= 4 is 5.78 Å². The lowest BCUT2D eigenvalue weighted by Crippen LogP contribution is -2.61. The smallest absolute Gasteiger partial charge is 0.187 e. The Morgan fingerprint density at radius 1 is 1.10 bits per heavy atom. The van der Waals surface area contributed by atoms with Crippen molar-refractivity contribution in [2.45, 2.75) is 94.0 Å². The lowest BCUT2D eigenvalue weighted by Gasteiger charge is -2.45. The van der Waals surface area contributed by atoms with Crippen molar-refractivity contribution in [2.24, 2.45) is 17.8 Å². The third-order valence-corrected chi connectivity index (χ3v) is 7.86. The molecule has 0 unspecified atom stereocenters. The van der Waals surface area contributed by atoms with E-state index in [4.69, 9.17) is 9.47 Å². The molecule has 10 heteroatoms. The molecule has 180 valence electrons. The number of aliphatic hydroxyl groups is 7. The Balaban J connectivity index is 1.83. The molecule has 3 rings (SSSR count). The molecule has 0 spiro atoms. The highest BCUT2D eigenvalue weighted by molar-refractivity contribution is 5.89. The van der Waals surface area contributed by atoms with Crippen molar-refractivity contribution in [3.63, 3.8) is 0 Å². The molecule has 0 radical (unpaired) electrons. The van der Waals surface area contributed by atoms with Gasteiger partial charge in [-0.05, 0) is 46.0 Å². The summed E-state index contributed by atoms with van der Waals surface area (Å²) in [7, 11) is 0. The minimum Gasteiger partial charge on any atom is -0.394 e. The van der Waals surface area contributed by atoms with Crippen LogP contribution in [0, 0.1) is 17.8 Å². The van der Waals surface area contributed by atoms with E-state index in [0.29, 0.717) is 12.8 Å². The van der Waals surface area contributed by atoms with E-state index in [-0.39, 0.29) is 24.5 Å². The van der Waals surface area contributed by atoms with Gasteiger partial charge in [0.05, 0.1) is 24.4 Å². The average Bonchev–Trinajstić information content (AvgIpc) is 2.84. The molecule has 7 N–H and O–H groups in total. The molecular formula is C21H36O10. The molecule has 1 heterocycles. The topological polar surface area (TPSA) is 177 Å². The summed E-state index contributed by atoms with van der Waals surface area (Å²) in [5.41, 5.74) is -4.15. The second-order valence-corrected chi connectivity index (χ2v) is 10.1. The molecule has 3 aliphatic rings. The zero-order valence-electron chi connectivity index (χ0n) is 18.2. The fraction of sp³-hybridized carbons (Fsp3) is 0.952. The van der Waals surface area contributed by atoms with Gasteiger partial charge in [0.15, 0.2) is 12.1 Å². The molecule has 0 aromatic rings. The number of carbonyl (C=O) groups is 1. The molecule has 2 saturated carbocycles. The highest BCUT2D eigenvalue weighted by Gasteiger charge is 2.60. The lowest BCUT2D eigenvalue weighted by atomic mass is 9.74. The van der Waals surface area contributed by atoms with E-state index >= 15 is 0 Å². The van der Waals surface area contributed by atoms with E-state index in [1.807, 2.05) is 0 Å². The van der Waals surface area contributed by atoms with E-state index in [9.17, 15) is 40.5 Å². The second kappa shape index (κ2) is 8.58. The van der Waals surface area contributed by atoms with Gasteiger partial charge in [-0.3, -0.25) is 4.79 Å². The van der Waals surface area contributed by atoms with Gasteiger partial charge in [0.25, 0.3) is 0 Å². The summed E-state index contributed by atoms with van der Waals surface area (Å²) in [4.78, 5) is 12.4. The number of Topliss-reactive ketones (excluding diaryl/α,β-unsaturated/α-hetero) is 1. The van der Waals surface area contributed by atoms with Gasteiger partial charge in [0, 0.05) is 18.3 Å². The first-order valence-electron chi connectivity index (χ1n) is 10.9. The Hall–Kier alpha value is -0.690. The zero-order valence-corrected chi connectivity index (χ0v) is 18.2. The van der Waals surface area contributed by atoms with Crippen LogP contribution < -0.4 is 0 Å². The number of fused-ring (bicyclic) bond motifs is 1. The summed E-state index contributed by atoms with van der Waals surface area (Å²) in [6, 6.07) is 0. The molecule has 0 bridgehead atoms. The molecule has 10 atom stereocenters. The van der Waals surface area contributed by atoms with Gasteiger partial charge in [0.1, 0.15) is 30.0 Å². The highest BCUT2D eigenvalue weighted by Crippen LogP contribution is 2.52. The number of carbonyl (C=O) groups excluding carboxylic acids is 1. The number of hydrogen-bond acceptors (Lipinski definition) is 10. The maximum absolute atomic E-state index is 12.4. The van der Waals surface area contributed by atoms with Gasteiger partial charge in [-0.15, -0.1) is 0 Å². The van der Waals surface area contributed by atoms with Gasteiger partial charge in [-0.2, -0.15) is 0 Å². The van der Waals surface area contributed by atoms with Crippen LogP contribution in [0.4, 0.5) is 0 Å². The predicted octanol–water partition coefficient (Wildman–Crippen LogP) is -1.94. The number of ether oxygens (including phenoxy) is 2. The fourth-order valence-corrected chi connectivity index (χ4v) is 5.53. The lowest BCUT2D eigenvalue weighted by molar-refractivity contribution is -0.329. The van der Waals surface area contributed by atoms with Crippen LogP contribution in [0.25, 0.3) is 0 Å². The third-order valence-electron chi connectivity index (χ3n) is 7.86.